The molecule has 0 spiro atoms. The Bertz CT molecular complexity index is 708. The number of hydrogen-bond acceptors (Lipinski definition) is 6. The largest absolute Gasteiger partial charge is 0.445 e. The molecule has 2 rings (SSSR count). The van der Waals surface area contributed by atoms with Gasteiger partial charge in [-0.1, -0.05) is 28.6 Å². The standard InChI is InChI=1S/C11H9F3N6OS/c12-11(13,14)8-18-20-10(22-8)21-7-3-1-2-6(4-7)5-17-19-9(15)16/h1-5H,(H4,15,16,19). The van der Waals surface area contributed by atoms with Crippen LogP contribution in [-0.2, 0) is 6.18 Å². The maximum absolute atomic E-state index is 12.4. The molecule has 22 heavy (non-hydrogen) atoms. The first-order valence-electron chi connectivity index (χ1n) is 5.65. The molecule has 4 N–H and O–H groups in total. The average Bonchev–Trinajstić information content (AvgIpc) is 2.87. The molecule has 1 aromatic carbocycles. The van der Waals surface area contributed by atoms with Gasteiger partial charge in [0, 0.05) is 0 Å². The fourth-order valence-electron chi connectivity index (χ4n) is 1.29. The number of aromatic nitrogens is 2. The van der Waals surface area contributed by atoms with Gasteiger partial charge in [-0.3, -0.25) is 0 Å². The third kappa shape index (κ3) is 4.41. The van der Waals surface area contributed by atoms with Crippen molar-refractivity contribution in [2.24, 2.45) is 21.7 Å². The van der Waals surface area contributed by atoms with E-state index in [1.54, 1.807) is 18.2 Å². The molecular formula is C11H9F3N6OS. The smallest absolute Gasteiger partial charge is 0.430 e. The predicted molar refractivity (Wildman–Crippen MR) is 74.8 cm³/mol. The molecule has 0 saturated carbocycles. The molecule has 0 bridgehead atoms. The van der Waals surface area contributed by atoms with E-state index in [-0.39, 0.29) is 16.9 Å². The first kappa shape index (κ1) is 15.7. The van der Waals surface area contributed by atoms with Gasteiger partial charge in [0.2, 0.25) is 11.0 Å². The van der Waals surface area contributed by atoms with Crippen molar-refractivity contribution in [1.82, 2.24) is 10.2 Å². The lowest BCUT2D eigenvalue weighted by atomic mass is 10.2. The fourth-order valence-corrected chi connectivity index (χ4v) is 1.87. The van der Waals surface area contributed by atoms with Crippen molar-refractivity contribution in [3.05, 3.63) is 34.8 Å². The Morgan fingerprint density at radius 2 is 2.05 bits per heavy atom. The summed E-state index contributed by atoms with van der Waals surface area (Å²) in [5, 5.41) is 12.1. The molecule has 0 saturated heterocycles. The zero-order valence-electron chi connectivity index (χ0n) is 10.8. The number of ether oxygens (including phenoxy) is 1. The molecule has 0 aliphatic heterocycles. The molecule has 116 valence electrons. The molecule has 0 radical (unpaired) electrons. The number of guanidine groups is 1. The topological polar surface area (TPSA) is 112 Å². The normalized spacial score (nSPS) is 11.6. The predicted octanol–water partition coefficient (Wildman–Crippen LogP) is 1.96. The van der Waals surface area contributed by atoms with Crippen LogP contribution in [0.4, 0.5) is 13.2 Å². The second-order valence-corrected chi connectivity index (χ2v) is 4.75. The first-order valence-corrected chi connectivity index (χ1v) is 6.47. The van der Waals surface area contributed by atoms with Crippen LogP contribution in [0.3, 0.4) is 0 Å². The number of benzene rings is 1. The van der Waals surface area contributed by atoms with E-state index in [0.717, 1.165) is 0 Å². The van der Waals surface area contributed by atoms with Gasteiger partial charge < -0.3 is 16.2 Å². The van der Waals surface area contributed by atoms with Gasteiger partial charge in [0.05, 0.1) is 6.21 Å². The minimum absolute atomic E-state index is 0.197. The maximum atomic E-state index is 12.4. The van der Waals surface area contributed by atoms with Crippen LogP contribution in [0.5, 0.6) is 10.9 Å². The minimum Gasteiger partial charge on any atom is -0.430 e. The molecule has 0 aliphatic rings. The number of hydrogen-bond donors (Lipinski definition) is 2. The average molecular weight is 330 g/mol. The molecule has 0 aliphatic carbocycles. The number of alkyl halides is 3. The Kier molecular flexibility index (Phi) is 4.56. The van der Waals surface area contributed by atoms with Crippen molar-refractivity contribution in [2.45, 2.75) is 6.18 Å². The zero-order valence-corrected chi connectivity index (χ0v) is 11.6. The summed E-state index contributed by atoms with van der Waals surface area (Å²) in [6.07, 6.45) is -3.19. The van der Waals surface area contributed by atoms with Crippen molar-refractivity contribution in [1.29, 1.82) is 0 Å². The minimum atomic E-state index is -4.55. The zero-order chi connectivity index (χ0) is 16.2. The second kappa shape index (κ2) is 6.39. The van der Waals surface area contributed by atoms with E-state index < -0.39 is 11.2 Å². The van der Waals surface area contributed by atoms with E-state index in [1.807, 2.05) is 0 Å². The van der Waals surface area contributed by atoms with E-state index in [2.05, 4.69) is 20.4 Å². The van der Waals surface area contributed by atoms with Gasteiger partial charge in [0.15, 0.2) is 0 Å². The summed E-state index contributed by atoms with van der Waals surface area (Å²) in [6, 6.07) is 6.38. The molecular weight excluding hydrogens is 321 g/mol. The van der Waals surface area contributed by atoms with Crippen LogP contribution in [0.1, 0.15) is 10.6 Å². The molecule has 1 heterocycles. The Balaban J connectivity index is 2.12. The van der Waals surface area contributed by atoms with E-state index in [4.69, 9.17) is 16.2 Å². The van der Waals surface area contributed by atoms with Crippen LogP contribution < -0.4 is 16.2 Å². The van der Waals surface area contributed by atoms with Crippen LogP contribution in [0.15, 0.2) is 34.5 Å². The lowest BCUT2D eigenvalue weighted by Gasteiger charge is -2.01. The molecule has 0 unspecified atom stereocenters. The number of nitrogens with two attached hydrogens (primary N) is 2. The summed E-state index contributed by atoms with van der Waals surface area (Å²) in [5.74, 6) is 0.0794. The van der Waals surface area contributed by atoms with Crippen molar-refractivity contribution < 1.29 is 17.9 Å². The van der Waals surface area contributed by atoms with Crippen molar-refractivity contribution in [3.63, 3.8) is 0 Å². The van der Waals surface area contributed by atoms with E-state index >= 15 is 0 Å². The second-order valence-electron chi connectivity index (χ2n) is 3.81. The summed E-state index contributed by atoms with van der Waals surface area (Å²) in [5.41, 5.74) is 10.8. The number of halogens is 3. The third-order valence-corrected chi connectivity index (χ3v) is 2.94. The van der Waals surface area contributed by atoms with Crippen molar-refractivity contribution >= 4 is 23.5 Å². The first-order chi connectivity index (χ1) is 10.3. The lowest BCUT2D eigenvalue weighted by molar-refractivity contribution is -0.138. The summed E-state index contributed by atoms with van der Waals surface area (Å²) in [4.78, 5) is 0. The van der Waals surface area contributed by atoms with Gasteiger partial charge in [-0.05, 0) is 17.7 Å². The highest BCUT2D eigenvalue weighted by atomic mass is 32.1. The van der Waals surface area contributed by atoms with Gasteiger partial charge in [0.1, 0.15) is 5.75 Å². The Morgan fingerprint density at radius 3 is 2.68 bits per heavy atom. The maximum Gasteiger partial charge on any atom is 0.445 e. The Labute approximate surface area is 126 Å². The van der Waals surface area contributed by atoms with Crippen molar-refractivity contribution in [2.75, 3.05) is 0 Å². The summed E-state index contributed by atoms with van der Waals surface area (Å²) in [6.45, 7) is 0. The van der Waals surface area contributed by atoms with E-state index in [1.165, 1.54) is 12.3 Å². The Morgan fingerprint density at radius 1 is 1.27 bits per heavy atom. The quantitative estimate of drug-likeness (QED) is 0.505. The SMILES string of the molecule is NC(N)=NN=Cc1cccc(Oc2nnc(C(F)(F)F)s2)c1. The molecule has 2 aromatic rings. The third-order valence-electron chi connectivity index (χ3n) is 2.09. The van der Waals surface area contributed by atoms with Crippen molar-refractivity contribution in [3.8, 4) is 10.9 Å². The molecule has 0 amide bonds. The lowest BCUT2D eigenvalue weighted by Crippen LogP contribution is -2.21. The van der Waals surface area contributed by atoms with Gasteiger partial charge in [0.25, 0.3) is 5.19 Å². The van der Waals surface area contributed by atoms with Gasteiger partial charge >= 0.3 is 6.18 Å². The van der Waals surface area contributed by atoms with Crippen LogP contribution in [0, 0.1) is 0 Å². The molecule has 1 aromatic heterocycles. The molecule has 0 fully saturated rings. The number of nitrogens with zero attached hydrogens (tertiary/aromatic N) is 4. The van der Waals surface area contributed by atoms with Gasteiger partial charge in [-0.15, -0.1) is 10.2 Å². The highest BCUT2D eigenvalue weighted by Crippen LogP contribution is 2.35. The van der Waals surface area contributed by atoms with Crippen LogP contribution in [0.25, 0.3) is 0 Å². The van der Waals surface area contributed by atoms with Crippen LogP contribution in [-0.4, -0.2) is 22.4 Å². The van der Waals surface area contributed by atoms with Crippen LogP contribution >= 0.6 is 11.3 Å². The molecule has 0 atom stereocenters. The fraction of sp³-hybridized carbons (Fsp3) is 0.0909. The van der Waals surface area contributed by atoms with Gasteiger partial charge in [-0.25, -0.2) is 0 Å². The monoisotopic (exact) mass is 330 g/mol. The molecule has 11 heteroatoms. The summed E-state index contributed by atoms with van der Waals surface area (Å²) < 4.78 is 42.5. The van der Waals surface area contributed by atoms with Gasteiger partial charge in [-0.2, -0.15) is 18.3 Å². The number of rotatable bonds is 4. The van der Waals surface area contributed by atoms with Crippen LogP contribution in [0.2, 0.25) is 0 Å². The van der Waals surface area contributed by atoms with E-state index in [0.29, 0.717) is 16.9 Å². The van der Waals surface area contributed by atoms with E-state index in [9.17, 15) is 13.2 Å². The highest BCUT2D eigenvalue weighted by Gasteiger charge is 2.36. The summed E-state index contributed by atoms with van der Waals surface area (Å²) in [7, 11) is 0. The Hall–Kier alpha value is -2.69. The summed E-state index contributed by atoms with van der Waals surface area (Å²) >= 11 is 0.304. The molecule has 7 nitrogen and oxygen atoms in total. The highest BCUT2D eigenvalue weighted by molar-refractivity contribution is 7.13.